The van der Waals surface area contributed by atoms with Crippen molar-refractivity contribution in [1.82, 2.24) is 0 Å². The van der Waals surface area contributed by atoms with Gasteiger partial charge in [-0.25, -0.2) is 0 Å². The van der Waals surface area contributed by atoms with Crippen molar-refractivity contribution in [3.8, 4) is 0 Å². The lowest BCUT2D eigenvalue weighted by atomic mass is 10.1. The van der Waals surface area contributed by atoms with Gasteiger partial charge in [0.05, 0.1) is 24.3 Å². The van der Waals surface area contributed by atoms with Crippen molar-refractivity contribution in [2.75, 3.05) is 13.2 Å². The second-order valence-electron chi connectivity index (χ2n) is 10.2. The Hall–Kier alpha value is -1.72. The molecular weight excluding hydrogens is 420 g/mol. The topological polar surface area (TPSA) is 70.5 Å². The van der Waals surface area contributed by atoms with Gasteiger partial charge in [0.25, 0.3) is 0 Å². The molecule has 0 heterocycles. The Morgan fingerprint density at radius 2 is 0.882 bits per heavy atom. The minimum absolute atomic E-state index is 0.0418. The molecule has 0 spiro atoms. The van der Waals surface area contributed by atoms with E-state index in [0.29, 0.717) is 0 Å². The normalized spacial score (nSPS) is 23.2. The minimum atomic E-state index is 0.0418. The maximum atomic E-state index is 6.35. The predicted molar refractivity (Wildman–Crippen MR) is 140 cm³/mol. The van der Waals surface area contributed by atoms with Gasteiger partial charge in [-0.3, -0.25) is 0 Å². The first-order chi connectivity index (χ1) is 16.7. The number of ether oxygens (including phenoxy) is 2. The standard InChI is InChI=1S/C30H44N2O2/c31-29-25-17-11-9-15-23(25)21-27(29)33-19-13-7-5-3-1-2-4-6-8-14-20-34-28-22-24-16-10-12-18-26(24)30(28)32/h9-12,15-18,27-30H,1-8,13-14,19-22,31-32H2/t27-,28-,29-,30-/m1/s1. The first-order valence-corrected chi connectivity index (χ1v) is 13.6. The number of hydrogen-bond acceptors (Lipinski definition) is 4. The zero-order valence-electron chi connectivity index (χ0n) is 20.8. The van der Waals surface area contributed by atoms with E-state index in [1.165, 1.54) is 73.6 Å². The maximum absolute atomic E-state index is 6.35. The van der Waals surface area contributed by atoms with E-state index in [1.807, 2.05) is 0 Å². The van der Waals surface area contributed by atoms with Gasteiger partial charge in [-0.15, -0.1) is 0 Å². The molecule has 2 aromatic rings. The molecule has 0 unspecified atom stereocenters. The fourth-order valence-electron chi connectivity index (χ4n) is 5.59. The molecule has 0 bridgehead atoms. The molecule has 4 rings (SSSR count). The molecule has 2 aliphatic carbocycles. The van der Waals surface area contributed by atoms with Gasteiger partial charge in [-0.1, -0.05) is 99.9 Å². The molecular formula is C30H44N2O2. The summed E-state index contributed by atoms with van der Waals surface area (Å²) in [5, 5.41) is 0. The van der Waals surface area contributed by atoms with Crippen LogP contribution in [0.3, 0.4) is 0 Å². The fraction of sp³-hybridized carbons (Fsp3) is 0.600. The molecule has 0 radical (unpaired) electrons. The van der Waals surface area contributed by atoms with Crippen LogP contribution in [0.2, 0.25) is 0 Å². The number of nitrogens with two attached hydrogens (primary N) is 2. The van der Waals surface area contributed by atoms with Crippen LogP contribution in [0.1, 0.15) is 98.5 Å². The molecule has 4 nitrogen and oxygen atoms in total. The molecule has 34 heavy (non-hydrogen) atoms. The Morgan fingerprint density at radius 3 is 1.26 bits per heavy atom. The highest BCUT2D eigenvalue weighted by Gasteiger charge is 2.30. The minimum Gasteiger partial charge on any atom is -0.376 e. The average Bonchev–Trinajstić information content (AvgIpc) is 3.36. The van der Waals surface area contributed by atoms with Crippen molar-refractivity contribution in [3.05, 3.63) is 70.8 Å². The van der Waals surface area contributed by atoms with E-state index in [9.17, 15) is 0 Å². The molecule has 0 saturated carbocycles. The van der Waals surface area contributed by atoms with Crippen LogP contribution >= 0.6 is 0 Å². The monoisotopic (exact) mass is 464 g/mol. The molecule has 0 amide bonds. The first kappa shape index (κ1) is 25.4. The van der Waals surface area contributed by atoms with E-state index >= 15 is 0 Å². The van der Waals surface area contributed by atoms with Crippen LogP contribution in [0, 0.1) is 0 Å². The summed E-state index contributed by atoms with van der Waals surface area (Å²) in [5.74, 6) is 0. The van der Waals surface area contributed by atoms with Gasteiger partial charge >= 0.3 is 0 Å². The molecule has 2 aliphatic rings. The summed E-state index contributed by atoms with van der Waals surface area (Å²) in [4.78, 5) is 0. The van der Waals surface area contributed by atoms with Gasteiger partial charge in [0.15, 0.2) is 0 Å². The highest BCUT2D eigenvalue weighted by molar-refractivity contribution is 5.37. The summed E-state index contributed by atoms with van der Waals surface area (Å²) in [6.45, 7) is 1.68. The largest absolute Gasteiger partial charge is 0.376 e. The Kier molecular flexibility index (Phi) is 9.99. The summed E-state index contributed by atoms with van der Waals surface area (Å²) in [5.41, 5.74) is 18.0. The van der Waals surface area contributed by atoms with Crippen LogP contribution in [0.4, 0.5) is 0 Å². The van der Waals surface area contributed by atoms with Crippen molar-refractivity contribution < 1.29 is 9.47 Å². The summed E-state index contributed by atoms with van der Waals surface area (Å²) in [6, 6.07) is 17.1. The van der Waals surface area contributed by atoms with Gasteiger partial charge in [0, 0.05) is 26.1 Å². The third kappa shape index (κ3) is 6.91. The van der Waals surface area contributed by atoms with E-state index in [4.69, 9.17) is 20.9 Å². The van der Waals surface area contributed by atoms with Crippen LogP contribution in [0.25, 0.3) is 0 Å². The molecule has 0 fully saturated rings. The third-order valence-corrected chi connectivity index (χ3v) is 7.67. The van der Waals surface area contributed by atoms with E-state index < -0.39 is 0 Å². The Bertz CT molecular complexity index is 799. The van der Waals surface area contributed by atoms with Crippen LogP contribution in [-0.4, -0.2) is 25.4 Å². The van der Waals surface area contributed by atoms with Crippen molar-refractivity contribution in [3.63, 3.8) is 0 Å². The second-order valence-corrected chi connectivity index (χ2v) is 10.2. The van der Waals surface area contributed by atoms with Crippen LogP contribution in [0.5, 0.6) is 0 Å². The predicted octanol–water partition coefficient (Wildman–Crippen LogP) is 6.17. The quantitative estimate of drug-likeness (QED) is 0.309. The number of fused-ring (bicyclic) bond motifs is 2. The molecule has 0 aromatic heterocycles. The van der Waals surface area contributed by atoms with Crippen molar-refractivity contribution >= 4 is 0 Å². The lowest BCUT2D eigenvalue weighted by molar-refractivity contribution is 0.0409. The highest BCUT2D eigenvalue weighted by atomic mass is 16.5. The molecule has 0 saturated heterocycles. The number of unbranched alkanes of at least 4 members (excludes halogenated alkanes) is 9. The number of hydrogen-bond donors (Lipinski definition) is 2. The van der Waals surface area contributed by atoms with Crippen molar-refractivity contribution in [1.29, 1.82) is 0 Å². The van der Waals surface area contributed by atoms with E-state index in [2.05, 4.69) is 48.5 Å². The molecule has 4 N–H and O–H groups in total. The second kappa shape index (κ2) is 13.4. The third-order valence-electron chi connectivity index (χ3n) is 7.67. The molecule has 4 heteroatoms. The van der Waals surface area contributed by atoms with Crippen LogP contribution in [-0.2, 0) is 22.3 Å². The van der Waals surface area contributed by atoms with Gasteiger partial charge in [0.2, 0.25) is 0 Å². The van der Waals surface area contributed by atoms with Crippen molar-refractivity contribution in [2.45, 2.75) is 101 Å². The van der Waals surface area contributed by atoms with Crippen LogP contribution < -0.4 is 11.5 Å². The SMILES string of the molecule is N[C@@H]1c2ccccc2C[C@H]1OCCCCCCCCCCCCO[C@@H]1Cc2ccccc2[C@H]1N. The molecule has 2 aromatic carbocycles. The Labute approximate surface area is 206 Å². The number of rotatable bonds is 15. The summed E-state index contributed by atoms with van der Waals surface area (Å²) < 4.78 is 12.2. The Morgan fingerprint density at radius 1 is 0.529 bits per heavy atom. The molecule has 186 valence electrons. The summed E-state index contributed by atoms with van der Waals surface area (Å²) >= 11 is 0. The fourth-order valence-corrected chi connectivity index (χ4v) is 5.59. The van der Waals surface area contributed by atoms with Gasteiger partial charge in [-0.05, 0) is 35.1 Å². The summed E-state index contributed by atoms with van der Waals surface area (Å²) in [6.07, 6.45) is 15.1. The van der Waals surface area contributed by atoms with E-state index in [1.54, 1.807) is 0 Å². The van der Waals surface area contributed by atoms with Crippen molar-refractivity contribution in [2.24, 2.45) is 11.5 Å². The number of benzene rings is 2. The van der Waals surface area contributed by atoms with E-state index in [-0.39, 0.29) is 24.3 Å². The van der Waals surface area contributed by atoms with Gasteiger partial charge in [0.1, 0.15) is 0 Å². The van der Waals surface area contributed by atoms with Gasteiger partial charge in [-0.2, -0.15) is 0 Å². The van der Waals surface area contributed by atoms with Gasteiger partial charge < -0.3 is 20.9 Å². The lowest BCUT2D eigenvalue weighted by Crippen LogP contribution is -2.25. The van der Waals surface area contributed by atoms with Crippen LogP contribution in [0.15, 0.2) is 48.5 Å². The average molecular weight is 465 g/mol. The zero-order valence-corrected chi connectivity index (χ0v) is 20.8. The maximum Gasteiger partial charge on any atom is 0.0808 e. The smallest absolute Gasteiger partial charge is 0.0808 e. The Balaban J connectivity index is 0.916. The van der Waals surface area contributed by atoms with E-state index in [0.717, 1.165) is 38.9 Å². The molecule has 0 aliphatic heterocycles. The zero-order chi connectivity index (χ0) is 23.6. The highest BCUT2D eigenvalue weighted by Crippen LogP contribution is 2.32. The lowest BCUT2D eigenvalue weighted by Gasteiger charge is -2.17. The summed E-state index contributed by atoms with van der Waals surface area (Å²) in [7, 11) is 0. The first-order valence-electron chi connectivity index (χ1n) is 13.6. The molecule has 4 atom stereocenters.